The van der Waals surface area contributed by atoms with Crippen molar-refractivity contribution in [1.29, 1.82) is 0 Å². The molecule has 3 aromatic rings. The molecule has 0 radical (unpaired) electrons. The molecule has 35 heavy (non-hydrogen) atoms. The van der Waals surface area contributed by atoms with Gasteiger partial charge in [0.05, 0.1) is 5.56 Å². The molecule has 0 saturated heterocycles. The smallest absolute Gasteiger partial charge is 0.257 e. The maximum atomic E-state index is 13.5. The van der Waals surface area contributed by atoms with Gasteiger partial charge < -0.3 is 15.2 Å². The van der Waals surface area contributed by atoms with Crippen molar-refractivity contribution in [2.45, 2.75) is 43.5 Å². The van der Waals surface area contributed by atoms with Crippen LogP contribution in [-0.4, -0.2) is 29.8 Å². The molecule has 2 heterocycles. The molecule has 1 atom stereocenters. The van der Waals surface area contributed by atoms with Gasteiger partial charge in [0.1, 0.15) is 5.82 Å². The first-order valence-corrected chi connectivity index (χ1v) is 12.8. The van der Waals surface area contributed by atoms with Gasteiger partial charge >= 0.3 is 0 Å². The Morgan fingerprint density at radius 2 is 1.74 bits per heavy atom. The first-order chi connectivity index (χ1) is 16.7. The summed E-state index contributed by atoms with van der Waals surface area (Å²) in [5.74, 6) is 0.913. The second kappa shape index (κ2) is 9.04. The Hall–Kier alpha value is -3.32. The first kappa shape index (κ1) is 23.4. The van der Waals surface area contributed by atoms with E-state index in [2.05, 4.69) is 36.3 Å². The van der Waals surface area contributed by atoms with E-state index in [4.69, 9.17) is 4.98 Å². The zero-order valence-electron chi connectivity index (χ0n) is 20.5. The number of nitrogens with zero attached hydrogens (tertiary/aromatic N) is 2. The highest BCUT2D eigenvalue weighted by Gasteiger charge is 2.42. The number of allylic oxidation sites excluding steroid dienone is 2. The van der Waals surface area contributed by atoms with E-state index in [9.17, 15) is 9.59 Å². The summed E-state index contributed by atoms with van der Waals surface area (Å²) in [6.07, 6.45) is 1.20. The molecule has 0 saturated carbocycles. The number of ketones is 1. The van der Waals surface area contributed by atoms with Gasteiger partial charge in [0.15, 0.2) is 10.9 Å². The quantitative estimate of drug-likeness (QED) is 0.375. The van der Waals surface area contributed by atoms with Crippen molar-refractivity contribution in [3.63, 3.8) is 0 Å². The Bertz CT molecular complexity index is 1360. The third-order valence-electron chi connectivity index (χ3n) is 6.66. The van der Waals surface area contributed by atoms with Crippen LogP contribution in [0.4, 0.5) is 11.5 Å². The molecule has 0 unspecified atom stereocenters. The fourth-order valence-corrected chi connectivity index (χ4v) is 5.80. The molecule has 2 aliphatic rings. The largest absolute Gasteiger partial charge is 0.378 e. The van der Waals surface area contributed by atoms with Crippen molar-refractivity contribution in [3.8, 4) is 0 Å². The molecule has 1 aliphatic heterocycles. The van der Waals surface area contributed by atoms with Crippen molar-refractivity contribution >= 4 is 29.1 Å². The lowest BCUT2D eigenvalue weighted by Gasteiger charge is -2.38. The molecule has 2 aromatic carbocycles. The number of rotatable bonds is 5. The number of hydrogen-bond donors (Lipinski definition) is 2. The van der Waals surface area contributed by atoms with Gasteiger partial charge in [0, 0.05) is 49.1 Å². The maximum Gasteiger partial charge on any atom is 0.257 e. The van der Waals surface area contributed by atoms with E-state index in [-0.39, 0.29) is 16.8 Å². The summed E-state index contributed by atoms with van der Waals surface area (Å²) in [5, 5.41) is 3.97. The van der Waals surface area contributed by atoms with Gasteiger partial charge in [-0.2, -0.15) is 0 Å². The Kier molecular flexibility index (Phi) is 6.05. The van der Waals surface area contributed by atoms with E-state index < -0.39 is 5.92 Å². The summed E-state index contributed by atoms with van der Waals surface area (Å²) in [5.41, 5.74) is 4.90. The predicted molar refractivity (Wildman–Crippen MR) is 142 cm³/mol. The van der Waals surface area contributed by atoms with Crippen molar-refractivity contribution in [3.05, 3.63) is 92.9 Å². The Labute approximate surface area is 209 Å². The Balaban J connectivity index is 1.59. The lowest BCUT2D eigenvalue weighted by molar-refractivity contribution is -0.118. The molecule has 180 valence electrons. The van der Waals surface area contributed by atoms with Gasteiger partial charge in [-0.05, 0) is 35.1 Å². The number of carbonyl (C=O) groups is 1. The van der Waals surface area contributed by atoms with Crippen LogP contribution < -0.4 is 15.8 Å². The number of aromatic amines is 1. The van der Waals surface area contributed by atoms with E-state index in [0.29, 0.717) is 34.3 Å². The summed E-state index contributed by atoms with van der Waals surface area (Å²) in [6, 6.07) is 18.2. The monoisotopic (exact) mass is 486 g/mol. The van der Waals surface area contributed by atoms with Gasteiger partial charge in [-0.3, -0.25) is 9.59 Å². The maximum absolute atomic E-state index is 13.5. The van der Waals surface area contributed by atoms with Crippen LogP contribution in [0.2, 0.25) is 0 Å². The highest BCUT2D eigenvalue weighted by molar-refractivity contribution is 7.98. The lowest BCUT2D eigenvalue weighted by Crippen LogP contribution is -2.37. The lowest BCUT2D eigenvalue weighted by atomic mass is 9.69. The third kappa shape index (κ3) is 4.65. The van der Waals surface area contributed by atoms with Crippen LogP contribution in [-0.2, 0) is 10.5 Å². The number of anilines is 2. The minimum absolute atomic E-state index is 0.0954. The summed E-state index contributed by atoms with van der Waals surface area (Å²) in [6.45, 7) is 4.22. The van der Waals surface area contributed by atoms with E-state index >= 15 is 0 Å². The summed E-state index contributed by atoms with van der Waals surface area (Å²) in [7, 11) is 3.98. The van der Waals surface area contributed by atoms with Crippen molar-refractivity contribution in [1.82, 2.24) is 9.97 Å². The first-order valence-electron chi connectivity index (χ1n) is 11.8. The van der Waals surface area contributed by atoms with Gasteiger partial charge in [-0.25, -0.2) is 4.98 Å². The van der Waals surface area contributed by atoms with E-state index in [1.807, 2.05) is 61.5 Å². The number of benzene rings is 2. The summed E-state index contributed by atoms with van der Waals surface area (Å²) < 4.78 is 0. The highest BCUT2D eigenvalue weighted by atomic mass is 32.2. The number of thioether (sulfide) groups is 1. The van der Waals surface area contributed by atoms with Crippen LogP contribution in [0.25, 0.3) is 0 Å². The van der Waals surface area contributed by atoms with Crippen molar-refractivity contribution in [2.24, 2.45) is 5.41 Å². The average Bonchev–Trinajstić information content (AvgIpc) is 2.81. The van der Waals surface area contributed by atoms with Gasteiger partial charge in [0.25, 0.3) is 5.56 Å². The molecule has 2 N–H and O–H groups in total. The fraction of sp³-hybridized carbons (Fsp3) is 0.321. The van der Waals surface area contributed by atoms with Gasteiger partial charge in [-0.15, -0.1) is 0 Å². The number of H-pyrrole nitrogens is 1. The molecule has 6 nitrogen and oxygen atoms in total. The molecule has 1 aliphatic carbocycles. The number of aromatic nitrogens is 2. The van der Waals surface area contributed by atoms with Crippen LogP contribution in [0.15, 0.2) is 75.8 Å². The molecular formula is C28H30N4O2S. The number of carbonyl (C=O) groups excluding carboxylic acids is 1. The van der Waals surface area contributed by atoms with Crippen LogP contribution >= 0.6 is 11.8 Å². The van der Waals surface area contributed by atoms with E-state index in [0.717, 1.165) is 28.9 Å². The zero-order chi connectivity index (χ0) is 24.7. The van der Waals surface area contributed by atoms with Gasteiger partial charge in [0.2, 0.25) is 0 Å². The molecule has 0 amide bonds. The normalized spacial score (nSPS) is 18.5. The van der Waals surface area contributed by atoms with Crippen LogP contribution in [0.3, 0.4) is 0 Å². The van der Waals surface area contributed by atoms with Crippen LogP contribution in [0.5, 0.6) is 0 Å². The molecule has 1 aromatic heterocycles. The molecule has 5 rings (SSSR count). The number of fused-ring (bicyclic) bond motifs is 1. The summed E-state index contributed by atoms with van der Waals surface area (Å²) in [4.78, 5) is 36.7. The Morgan fingerprint density at radius 1 is 1.03 bits per heavy atom. The minimum Gasteiger partial charge on any atom is -0.378 e. The second-order valence-corrected chi connectivity index (χ2v) is 11.2. The van der Waals surface area contributed by atoms with Crippen molar-refractivity contribution in [2.75, 3.05) is 24.3 Å². The zero-order valence-corrected chi connectivity index (χ0v) is 21.3. The number of Topliss-reactive ketones (excluding diaryl/α,β-unsaturated/α-hetero) is 1. The Morgan fingerprint density at radius 3 is 2.43 bits per heavy atom. The minimum atomic E-state index is -0.439. The van der Waals surface area contributed by atoms with Crippen LogP contribution in [0.1, 0.15) is 49.3 Å². The summed E-state index contributed by atoms with van der Waals surface area (Å²) >= 11 is 1.50. The van der Waals surface area contributed by atoms with Gasteiger partial charge in [-0.1, -0.05) is 68.1 Å². The van der Waals surface area contributed by atoms with Crippen LogP contribution in [0, 0.1) is 5.41 Å². The highest BCUT2D eigenvalue weighted by Crippen LogP contribution is 2.47. The number of hydrogen-bond acceptors (Lipinski definition) is 6. The molecule has 0 fully saturated rings. The average molecular weight is 487 g/mol. The standard InChI is InChI=1S/C28H30N4O2S/c1-28(2)14-20-23(21(33)15-28)22(18-10-12-19(13-11-18)32(3)4)24-25(29-20)30-27(31-26(24)34)35-16-17-8-6-5-7-9-17/h5-13,22H,14-16H2,1-4H3,(H2,29,30,31,34)/t22-/m1/s1. The second-order valence-electron chi connectivity index (χ2n) is 10.3. The van der Waals surface area contributed by atoms with Crippen molar-refractivity contribution < 1.29 is 4.79 Å². The predicted octanol–water partition coefficient (Wildman–Crippen LogP) is 5.33. The third-order valence-corrected chi connectivity index (χ3v) is 7.61. The SMILES string of the molecule is CN(C)c1ccc([C@@H]2C3=C(CC(C)(C)CC3=O)Nc3nc(SCc4ccccc4)[nH]c(=O)c32)cc1. The molecular weight excluding hydrogens is 456 g/mol. The molecule has 0 spiro atoms. The molecule has 0 bridgehead atoms. The molecule has 7 heteroatoms. The van der Waals surface area contributed by atoms with E-state index in [1.54, 1.807) is 0 Å². The fourth-order valence-electron chi connectivity index (χ4n) is 4.99. The number of nitrogens with one attached hydrogen (secondary N) is 2. The van der Waals surface area contributed by atoms with E-state index in [1.165, 1.54) is 11.8 Å². The topological polar surface area (TPSA) is 78.1 Å².